The Kier molecular flexibility index (Phi) is 6.04. The van der Waals surface area contributed by atoms with Crippen LogP contribution >= 0.6 is 0 Å². The lowest BCUT2D eigenvalue weighted by molar-refractivity contribution is -0.146. The molecule has 0 aliphatic carbocycles. The Hall–Kier alpha value is -2.39. The number of nitrogens with two attached hydrogens (primary N) is 1. The number of hydrogen-bond donors (Lipinski definition) is 2. The SMILES string of the molecule is Cc1ccc(F)c(C(N)C(F)CC2C(=O)NC(=O)N(C3CCOCC3)C2=O)c1. The van der Waals surface area contributed by atoms with Gasteiger partial charge in [-0.3, -0.25) is 19.8 Å². The van der Waals surface area contributed by atoms with E-state index in [2.05, 4.69) is 5.32 Å². The number of ether oxygens (including phenoxy) is 1. The second kappa shape index (κ2) is 8.32. The zero-order chi connectivity index (χ0) is 20.4. The maximum Gasteiger partial charge on any atom is 0.331 e. The molecular formula is C19H23F2N3O4. The Balaban J connectivity index is 1.75. The van der Waals surface area contributed by atoms with Crippen molar-refractivity contribution < 1.29 is 27.9 Å². The Labute approximate surface area is 161 Å². The number of amides is 4. The molecule has 152 valence electrons. The number of halogens is 2. The lowest BCUT2D eigenvalue weighted by Gasteiger charge is -2.37. The smallest absolute Gasteiger partial charge is 0.331 e. The molecule has 3 rings (SSSR count). The summed E-state index contributed by atoms with van der Waals surface area (Å²) in [6.07, 6.45) is -1.48. The first kappa shape index (κ1) is 20.3. The van der Waals surface area contributed by atoms with Crippen molar-refractivity contribution in [3.05, 3.63) is 35.1 Å². The summed E-state index contributed by atoms with van der Waals surface area (Å²) in [6, 6.07) is 1.62. The van der Waals surface area contributed by atoms with Gasteiger partial charge in [-0.25, -0.2) is 13.6 Å². The Morgan fingerprint density at radius 2 is 1.96 bits per heavy atom. The Morgan fingerprint density at radius 3 is 2.64 bits per heavy atom. The number of hydrogen-bond acceptors (Lipinski definition) is 5. The van der Waals surface area contributed by atoms with Gasteiger partial charge < -0.3 is 10.5 Å². The van der Waals surface area contributed by atoms with E-state index >= 15 is 0 Å². The van der Waals surface area contributed by atoms with E-state index in [0.717, 1.165) is 4.90 Å². The third kappa shape index (κ3) is 4.05. The fourth-order valence-corrected chi connectivity index (χ4v) is 3.62. The van der Waals surface area contributed by atoms with Crippen LogP contribution in [0, 0.1) is 18.7 Å². The first-order valence-electron chi connectivity index (χ1n) is 9.21. The zero-order valence-corrected chi connectivity index (χ0v) is 15.5. The highest BCUT2D eigenvalue weighted by atomic mass is 19.1. The second-order valence-corrected chi connectivity index (χ2v) is 7.20. The molecule has 0 bridgehead atoms. The van der Waals surface area contributed by atoms with E-state index in [1.54, 1.807) is 6.92 Å². The largest absolute Gasteiger partial charge is 0.381 e. The van der Waals surface area contributed by atoms with Gasteiger partial charge in [0.15, 0.2) is 0 Å². The van der Waals surface area contributed by atoms with Crippen molar-refractivity contribution in [2.75, 3.05) is 13.2 Å². The van der Waals surface area contributed by atoms with Crippen molar-refractivity contribution in [3.8, 4) is 0 Å². The van der Waals surface area contributed by atoms with E-state index in [0.29, 0.717) is 31.6 Å². The number of barbiturate groups is 1. The highest BCUT2D eigenvalue weighted by Crippen LogP contribution is 2.29. The molecule has 3 atom stereocenters. The number of rotatable bonds is 5. The summed E-state index contributed by atoms with van der Waals surface area (Å²) in [6.45, 7) is 2.51. The summed E-state index contributed by atoms with van der Waals surface area (Å²) in [5.41, 5.74) is 6.56. The molecule has 3 N–H and O–H groups in total. The van der Waals surface area contributed by atoms with Crippen molar-refractivity contribution in [2.45, 2.75) is 44.4 Å². The molecule has 1 aromatic carbocycles. The molecule has 0 radical (unpaired) electrons. The van der Waals surface area contributed by atoms with Gasteiger partial charge in [0.1, 0.15) is 17.9 Å². The predicted octanol–water partition coefficient (Wildman–Crippen LogP) is 1.74. The summed E-state index contributed by atoms with van der Waals surface area (Å²) < 4.78 is 34.1. The first-order chi connectivity index (χ1) is 13.3. The standard InChI is InChI=1S/C19H23F2N3O4/c1-10-2-3-14(20)12(8-10)16(22)15(21)9-13-17(25)23-19(27)24(18(13)26)11-4-6-28-7-5-11/h2-3,8,11,13,15-16H,4-7,9,22H2,1H3,(H,23,25,27). The van der Waals surface area contributed by atoms with Crippen LogP contribution in [0.25, 0.3) is 0 Å². The van der Waals surface area contributed by atoms with Crippen LogP contribution in [-0.2, 0) is 14.3 Å². The van der Waals surface area contributed by atoms with Crippen LogP contribution in [0.1, 0.15) is 36.4 Å². The van der Waals surface area contributed by atoms with Crippen molar-refractivity contribution in [1.29, 1.82) is 0 Å². The summed E-state index contributed by atoms with van der Waals surface area (Å²) >= 11 is 0. The van der Waals surface area contributed by atoms with Crippen molar-refractivity contribution in [1.82, 2.24) is 10.2 Å². The quantitative estimate of drug-likeness (QED) is 0.740. The molecule has 28 heavy (non-hydrogen) atoms. The van der Waals surface area contributed by atoms with Crippen molar-refractivity contribution >= 4 is 17.8 Å². The molecule has 2 heterocycles. The summed E-state index contributed by atoms with van der Waals surface area (Å²) in [5, 5.41) is 2.12. The third-order valence-corrected chi connectivity index (χ3v) is 5.22. The van der Waals surface area contributed by atoms with Crippen molar-refractivity contribution in [3.63, 3.8) is 0 Å². The number of imide groups is 2. The summed E-state index contributed by atoms with van der Waals surface area (Å²) in [7, 11) is 0. The van der Waals surface area contributed by atoms with E-state index in [-0.39, 0.29) is 5.56 Å². The fourth-order valence-electron chi connectivity index (χ4n) is 3.62. The van der Waals surface area contributed by atoms with Gasteiger partial charge in [-0.2, -0.15) is 0 Å². The van der Waals surface area contributed by atoms with E-state index in [4.69, 9.17) is 10.5 Å². The number of carbonyl (C=O) groups excluding carboxylic acids is 3. The number of alkyl halides is 1. The zero-order valence-electron chi connectivity index (χ0n) is 15.5. The molecule has 4 amide bonds. The fraction of sp³-hybridized carbons (Fsp3) is 0.526. The molecule has 9 heteroatoms. The van der Waals surface area contributed by atoms with Gasteiger partial charge in [0, 0.05) is 31.2 Å². The number of nitrogens with one attached hydrogen (secondary N) is 1. The van der Waals surface area contributed by atoms with E-state index in [1.807, 2.05) is 0 Å². The lowest BCUT2D eigenvalue weighted by atomic mass is 9.90. The van der Waals surface area contributed by atoms with Crippen LogP contribution in [-0.4, -0.2) is 48.2 Å². The Bertz CT molecular complexity index is 782. The second-order valence-electron chi connectivity index (χ2n) is 7.20. The van der Waals surface area contributed by atoms with Crippen LogP contribution in [0.15, 0.2) is 18.2 Å². The average Bonchev–Trinajstić information content (AvgIpc) is 2.67. The highest BCUT2D eigenvalue weighted by Gasteiger charge is 2.45. The molecule has 3 unspecified atom stereocenters. The van der Waals surface area contributed by atoms with Gasteiger partial charge in [0.2, 0.25) is 11.8 Å². The molecule has 2 aliphatic heterocycles. The number of nitrogens with zero attached hydrogens (tertiary/aromatic N) is 1. The van der Waals surface area contributed by atoms with E-state index in [1.165, 1.54) is 18.2 Å². The minimum absolute atomic E-state index is 0.0199. The van der Waals surface area contributed by atoms with Gasteiger partial charge >= 0.3 is 6.03 Å². The molecular weight excluding hydrogens is 372 g/mol. The van der Waals surface area contributed by atoms with Crippen molar-refractivity contribution in [2.24, 2.45) is 11.7 Å². The van der Waals surface area contributed by atoms with Crippen LogP contribution in [0.4, 0.5) is 13.6 Å². The number of benzene rings is 1. The van der Waals surface area contributed by atoms with Crippen LogP contribution < -0.4 is 11.1 Å². The van der Waals surface area contributed by atoms with Gasteiger partial charge in [-0.15, -0.1) is 0 Å². The van der Waals surface area contributed by atoms with Crippen LogP contribution in [0.5, 0.6) is 0 Å². The van der Waals surface area contributed by atoms with Gasteiger partial charge in [-0.05, 0) is 25.8 Å². The molecule has 7 nitrogen and oxygen atoms in total. The molecule has 0 aromatic heterocycles. The maximum atomic E-state index is 14.8. The lowest BCUT2D eigenvalue weighted by Crippen LogP contribution is -2.62. The Morgan fingerprint density at radius 1 is 1.29 bits per heavy atom. The minimum atomic E-state index is -1.85. The van der Waals surface area contributed by atoms with E-state index in [9.17, 15) is 23.2 Å². The average molecular weight is 395 g/mol. The highest BCUT2D eigenvalue weighted by molar-refractivity contribution is 6.16. The molecule has 0 spiro atoms. The number of carbonyl (C=O) groups is 3. The summed E-state index contributed by atoms with van der Waals surface area (Å²) in [5.74, 6) is -3.66. The first-order valence-corrected chi connectivity index (χ1v) is 9.21. The third-order valence-electron chi connectivity index (χ3n) is 5.22. The van der Waals surface area contributed by atoms with Gasteiger partial charge in [-0.1, -0.05) is 17.7 Å². The molecule has 2 saturated heterocycles. The molecule has 1 aromatic rings. The topological polar surface area (TPSA) is 102 Å². The van der Waals surface area contributed by atoms with Crippen LogP contribution in [0.2, 0.25) is 0 Å². The minimum Gasteiger partial charge on any atom is -0.381 e. The monoisotopic (exact) mass is 395 g/mol. The number of aryl methyl sites for hydroxylation is 1. The summed E-state index contributed by atoms with van der Waals surface area (Å²) in [4.78, 5) is 38.1. The molecule has 2 fully saturated rings. The number of urea groups is 1. The van der Waals surface area contributed by atoms with Gasteiger partial charge in [0.05, 0.1) is 6.04 Å². The van der Waals surface area contributed by atoms with Gasteiger partial charge in [0.25, 0.3) is 0 Å². The molecule has 0 saturated carbocycles. The normalized spacial score (nSPS) is 23.5. The molecule has 2 aliphatic rings. The van der Waals surface area contributed by atoms with Crippen LogP contribution in [0.3, 0.4) is 0 Å². The van der Waals surface area contributed by atoms with E-state index < -0.39 is 54.3 Å². The predicted molar refractivity (Wildman–Crippen MR) is 95.3 cm³/mol. The maximum absolute atomic E-state index is 14.8.